The van der Waals surface area contributed by atoms with Crippen molar-refractivity contribution >= 4 is 5.91 Å². The number of amides is 1. The molecule has 2 fully saturated rings. The number of nitrogens with zero attached hydrogens (tertiary/aromatic N) is 2. The third-order valence-electron chi connectivity index (χ3n) is 4.58. The lowest BCUT2D eigenvalue weighted by Crippen LogP contribution is -2.52. The van der Waals surface area contributed by atoms with Gasteiger partial charge in [0.05, 0.1) is 6.54 Å². The molecule has 0 aromatic carbocycles. The second-order valence-electron chi connectivity index (χ2n) is 6.41. The van der Waals surface area contributed by atoms with E-state index < -0.39 is 0 Å². The predicted octanol–water partition coefficient (Wildman–Crippen LogP) is 2.51. The van der Waals surface area contributed by atoms with Gasteiger partial charge < -0.3 is 4.90 Å². The van der Waals surface area contributed by atoms with Crippen LogP contribution in [0, 0.1) is 5.92 Å². The van der Waals surface area contributed by atoms with Gasteiger partial charge in [0, 0.05) is 18.6 Å². The molecular formula is C15H28N2O. The minimum Gasteiger partial charge on any atom is -0.336 e. The molecule has 0 radical (unpaired) electrons. The Morgan fingerprint density at radius 3 is 2.33 bits per heavy atom. The van der Waals surface area contributed by atoms with Crippen molar-refractivity contribution in [3.05, 3.63) is 0 Å². The average molecular weight is 252 g/mol. The minimum atomic E-state index is 0.351. The first kappa shape index (κ1) is 13.9. The zero-order chi connectivity index (χ0) is 13.1. The predicted molar refractivity (Wildman–Crippen MR) is 74.5 cm³/mol. The molecule has 3 atom stereocenters. The molecule has 2 rings (SSSR count). The smallest absolute Gasteiger partial charge is 0.237 e. The maximum Gasteiger partial charge on any atom is 0.237 e. The SMILES string of the molecule is C[C@H]1CCCN(CC(=O)N2[C@H](C)CCC[C@@H]2C)C1. The maximum absolute atomic E-state index is 12.5. The zero-order valence-electron chi connectivity index (χ0n) is 12.2. The molecule has 2 saturated heterocycles. The zero-order valence-corrected chi connectivity index (χ0v) is 12.2. The Labute approximate surface area is 112 Å². The Morgan fingerprint density at radius 2 is 1.72 bits per heavy atom. The molecule has 2 aliphatic rings. The van der Waals surface area contributed by atoms with E-state index in [1.54, 1.807) is 0 Å². The van der Waals surface area contributed by atoms with Crippen molar-refractivity contribution in [3.8, 4) is 0 Å². The first-order valence-corrected chi connectivity index (χ1v) is 7.61. The summed E-state index contributed by atoms with van der Waals surface area (Å²) in [5.41, 5.74) is 0. The van der Waals surface area contributed by atoms with Crippen LogP contribution in [0.2, 0.25) is 0 Å². The summed E-state index contributed by atoms with van der Waals surface area (Å²) < 4.78 is 0. The van der Waals surface area contributed by atoms with E-state index in [1.165, 1.54) is 32.1 Å². The van der Waals surface area contributed by atoms with E-state index in [-0.39, 0.29) is 0 Å². The lowest BCUT2D eigenvalue weighted by Gasteiger charge is -2.41. The summed E-state index contributed by atoms with van der Waals surface area (Å²) in [6.07, 6.45) is 6.19. The van der Waals surface area contributed by atoms with Crippen LogP contribution in [-0.2, 0) is 4.79 Å². The van der Waals surface area contributed by atoms with Crippen LogP contribution in [0.1, 0.15) is 52.9 Å². The molecule has 2 aliphatic heterocycles. The van der Waals surface area contributed by atoms with Crippen molar-refractivity contribution in [3.63, 3.8) is 0 Å². The van der Waals surface area contributed by atoms with E-state index in [1.807, 2.05) is 0 Å². The van der Waals surface area contributed by atoms with E-state index in [9.17, 15) is 4.79 Å². The molecule has 0 aromatic heterocycles. The Balaban J connectivity index is 1.89. The van der Waals surface area contributed by atoms with Crippen LogP contribution in [0.15, 0.2) is 0 Å². The van der Waals surface area contributed by atoms with Gasteiger partial charge in [0.2, 0.25) is 5.91 Å². The lowest BCUT2D eigenvalue weighted by atomic mass is 9.97. The number of hydrogen-bond acceptors (Lipinski definition) is 2. The summed E-state index contributed by atoms with van der Waals surface area (Å²) in [4.78, 5) is 17.0. The highest BCUT2D eigenvalue weighted by atomic mass is 16.2. The highest BCUT2D eigenvalue weighted by Gasteiger charge is 2.30. The number of likely N-dealkylation sites (tertiary alicyclic amines) is 2. The highest BCUT2D eigenvalue weighted by molar-refractivity contribution is 5.79. The van der Waals surface area contributed by atoms with Crippen LogP contribution in [0.4, 0.5) is 0 Å². The van der Waals surface area contributed by atoms with Gasteiger partial charge in [0.15, 0.2) is 0 Å². The Morgan fingerprint density at radius 1 is 1.06 bits per heavy atom. The Kier molecular flexibility index (Phi) is 4.66. The van der Waals surface area contributed by atoms with Crippen molar-refractivity contribution in [2.75, 3.05) is 19.6 Å². The maximum atomic E-state index is 12.5. The molecule has 0 unspecified atom stereocenters. The van der Waals surface area contributed by atoms with Crippen LogP contribution < -0.4 is 0 Å². The molecule has 0 aromatic rings. The fourth-order valence-corrected chi connectivity index (χ4v) is 3.62. The van der Waals surface area contributed by atoms with Gasteiger partial charge in [-0.3, -0.25) is 9.69 Å². The van der Waals surface area contributed by atoms with Gasteiger partial charge in [0.1, 0.15) is 0 Å². The van der Waals surface area contributed by atoms with E-state index >= 15 is 0 Å². The molecule has 0 saturated carbocycles. The van der Waals surface area contributed by atoms with E-state index in [4.69, 9.17) is 0 Å². The van der Waals surface area contributed by atoms with Crippen LogP contribution >= 0.6 is 0 Å². The van der Waals surface area contributed by atoms with Gasteiger partial charge in [-0.15, -0.1) is 0 Å². The molecule has 3 nitrogen and oxygen atoms in total. The van der Waals surface area contributed by atoms with Gasteiger partial charge in [0.25, 0.3) is 0 Å². The molecule has 2 heterocycles. The normalized spacial score (nSPS) is 34.6. The summed E-state index contributed by atoms with van der Waals surface area (Å²) in [6, 6.07) is 0.868. The summed E-state index contributed by atoms with van der Waals surface area (Å²) in [5.74, 6) is 1.10. The van der Waals surface area contributed by atoms with Gasteiger partial charge in [-0.25, -0.2) is 0 Å². The summed E-state index contributed by atoms with van der Waals surface area (Å²) in [7, 11) is 0. The minimum absolute atomic E-state index is 0.351. The molecule has 1 amide bonds. The van der Waals surface area contributed by atoms with Crippen LogP contribution in [0.3, 0.4) is 0 Å². The first-order valence-electron chi connectivity index (χ1n) is 7.61. The van der Waals surface area contributed by atoms with Crippen molar-refractivity contribution in [2.45, 2.75) is 65.0 Å². The summed E-state index contributed by atoms with van der Waals surface area (Å²) in [6.45, 7) is 9.54. The Hall–Kier alpha value is -0.570. The molecule has 0 spiro atoms. The number of carbonyl (C=O) groups excluding carboxylic acids is 1. The van der Waals surface area contributed by atoms with Gasteiger partial charge in [-0.2, -0.15) is 0 Å². The van der Waals surface area contributed by atoms with Gasteiger partial charge in [-0.1, -0.05) is 6.92 Å². The van der Waals surface area contributed by atoms with E-state index in [0.29, 0.717) is 24.5 Å². The van der Waals surface area contributed by atoms with Crippen LogP contribution in [-0.4, -0.2) is 47.4 Å². The topological polar surface area (TPSA) is 23.6 Å². The third kappa shape index (κ3) is 3.25. The second-order valence-corrected chi connectivity index (χ2v) is 6.41. The monoisotopic (exact) mass is 252 g/mol. The number of rotatable bonds is 2. The molecular weight excluding hydrogens is 224 g/mol. The number of piperidine rings is 2. The molecule has 104 valence electrons. The highest BCUT2D eigenvalue weighted by Crippen LogP contribution is 2.23. The lowest BCUT2D eigenvalue weighted by molar-refractivity contribution is -0.138. The van der Waals surface area contributed by atoms with Crippen LogP contribution in [0.25, 0.3) is 0 Å². The average Bonchev–Trinajstić information content (AvgIpc) is 2.28. The Bertz CT molecular complexity index is 282. The summed E-state index contributed by atoms with van der Waals surface area (Å²) >= 11 is 0. The van der Waals surface area contributed by atoms with E-state index in [2.05, 4.69) is 30.6 Å². The number of hydrogen-bond donors (Lipinski definition) is 0. The second kappa shape index (κ2) is 6.05. The first-order chi connectivity index (χ1) is 8.58. The van der Waals surface area contributed by atoms with Gasteiger partial charge >= 0.3 is 0 Å². The molecule has 0 N–H and O–H groups in total. The fraction of sp³-hybridized carbons (Fsp3) is 0.933. The van der Waals surface area contributed by atoms with Crippen molar-refractivity contribution in [1.82, 2.24) is 9.80 Å². The third-order valence-corrected chi connectivity index (χ3v) is 4.58. The van der Waals surface area contributed by atoms with Crippen LogP contribution in [0.5, 0.6) is 0 Å². The largest absolute Gasteiger partial charge is 0.336 e. The molecule has 3 heteroatoms. The molecule has 0 aliphatic carbocycles. The van der Waals surface area contributed by atoms with E-state index in [0.717, 1.165) is 19.0 Å². The van der Waals surface area contributed by atoms with Gasteiger partial charge in [-0.05, 0) is 58.4 Å². The van der Waals surface area contributed by atoms with Crippen molar-refractivity contribution in [1.29, 1.82) is 0 Å². The molecule has 18 heavy (non-hydrogen) atoms. The standard InChI is InChI=1S/C15H28N2O/c1-12-6-5-9-16(10-12)11-15(18)17-13(2)7-4-8-14(17)3/h12-14H,4-11H2,1-3H3/t12-,13-,14+/m0/s1. The van der Waals surface area contributed by atoms with Crippen molar-refractivity contribution < 1.29 is 4.79 Å². The summed E-state index contributed by atoms with van der Waals surface area (Å²) in [5, 5.41) is 0. The van der Waals surface area contributed by atoms with Crippen molar-refractivity contribution in [2.24, 2.45) is 5.92 Å². The molecule has 0 bridgehead atoms. The quantitative estimate of drug-likeness (QED) is 0.754. The number of carbonyl (C=O) groups is 1. The fourth-order valence-electron chi connectivity index (χ4n) is 3.62.